The molecule has 0 fully saturated rings. The van der Waals surface area contributed by atoms with Crippen LogP contribution in [0.5, 0.6) is 0 Å². The van der Waals surface area contributed by atoms with E-state index in [1.807, 2.05) is 0 Å². The first-order valence-electron chi connectivity index (χ1n) is 5.84. The van der Waals surface area contributed by atoms with Crippen molar-refractivity contribution >= 4 is 5.97 Å². The molecule has 2 aromatic carbocycles. The van der Waals surface area contributed by atoms with E-state index in [1.165, 1.54) is 18.2 Å². The average Bonchev–Trinajstić information content (AvgIpc) is 2.38. The van der Waals surface area contributed by atoms with Gasteiger partial charge in [-0.05, 0) is 35.7 Å². The summed E-state index contributed by atoms with van der Waals surface area (Å²) >= 11 is 0. The first-order valence-corrected chi connectivity index (χ1v) is 5.84. The van der Waals surface area contributed by atoms with Crippen LogP contribution in [0.15, 0.2) is 48.5 Å². The molecule has 0 unspecified atom stereocenters. The van der Waals surface area contributed by atoms with E-state index in [9.17, 15) is 18.0 Å². The van der Waals surface area contributed by atoms with Crippen molar-refractivity contribution in [3.05, 3.63) is 70.8 Å². The number of hydrogen-bond donors (Lipinski definition) is 1. The molecule has 1 N–H and O–H groups in total. The fraction of sp³-hybridized carbons (Fsp3) is 0.133. The zero-order valence-corrected chi connectivity index (χ0v) is 10.3. The lowest BCUT2D eigenvalue weighted by Crippen LogP contribution is -2.05. The van der Waals surface area contributed by atoms with Crippen molar-refractivity contribution < 1.29 is 23.1 Å². The van der Waals surface area contributed by atoms with Crippen LogP contribution in [0.3, 0.4) is 0 Å². The lowest BCUT2D eigenvalue weighted by atomic mass is 10.0. The first-order chi connectivity index (χ1) is 9.36. The summed E-state index contributed by atoms with van der Waals surface area (Å²) in [5.74, 6) is -1.06. The Bertz CT molecular complexity index is 633. The average molecular weight is 280 g/mol. The smallest absolute Gasteiger partial charge is 0.416 e. The van der Waals surface area contributed by atoms with E-state index >= 15 is 0 Å². The Kier molecular flexibility index (Phi) is 3.79. The number of hydrogen-bond acceptors (Lipinski definition) is 1. The van der Waals surface area contributed by atoms with Gasteiger partial charge in [0.25, 0.3) is 0 Å². The van der Waals surface area contributed by atoms with Crippen molar-refractivity contribution in [3.8, 4) is 0 Å². The van der Waals surface area contributed by atoms with E-state index in [2.05, 4.69) is 0 Å². The number of benzene rings is 2. The molecule has 0 saturated heterocycles. The van der Waals surface area contributed by atoms with Gasteiger partial charge in [-0.3, -0.25) is 0 Å². The minimum Gasteiger partial charge on any atom is -0.478 e. The second-order valence-corrected chi connectivity index (χ2v) is 4.38. The van der Waals surface area contributed by atoms with Gasteiger partial charge in [-0.25, -0.2) is 4.79 Å². The van der Waals surface area contributed by atoms with Crippen LogP contribution in [0.1, 0.15) is 27.0 Å². The molecule has 0 spiro atoms. The largest absolute Gasteiger partial charge is 0.478 e. The number of carboxylic acid groups (broad SMARTS) is 1. The number of alkyl halides is 3. The van der Waals surface area contributed by atoms with Gasteiger partial charge < -0.3 is 5.11 Å². The lowest BCUT2D eigenvalue weighted by Gasteiger charge is -2.09. The highest BCUT2D eigenvalue weighted by atomic mass is 19.4. The van der Waals surface area contributed by atoms with E-state index in [1.54, 1.807) is 18.2 Å². The molecule has 0 amide bonds. The van der Waals surface area contributed by atoms with Crippen molar-refractivity contribution in [2.45, 2.75) is 12.6 Å². The van der Waals surface area contributed by atoms with E-state index in [0.29, 0.717) is 11.1 Å². The zero-order chi connectivity index (χ0) is 14.8. The normalized spacial score (nSPS) is 11.3. The van der Waals surface area contributed by atoms with Crippen LogP contribution in [-0.2, 0) is 12.6 Å². The Labute approximate surface area is 113 Å². The number of carboxylic acids is 1. The Morgan fingerprint density at radius 1 is 1.00 bits per heavy atom. The summed E-state index contributed by atoms with van der Waals surface area (Å²) in [7, 11) is 0. The van der Waals surface area contributed by atoms with Gasteiger partial charge in [-0.1, -0.05) is 30.3 Å². The fourth-order valence-electron chi connectivity index (χ4n) is 1.91. The monoisotopic (exact) mass is 280 g/mol. The molecule has 0 atom stereocenters. The van der Waals surface area contributed by atoms with Crippen molar-refractivity contribution in [3.63, 3.8) is 0 Å². The molecule has 5 heteroatoms. The Balaban J connectivity index is 2.26. The molecule has 0 bridgehead atoms. The molecule has 0 radical (unpaired) electrons. The molecule has 0 heterocycles. The van der Waals surface area contributed by atoms with Gasteiger partial charge in [0.15, 0.2) is 0 Å². The second kappa shape index (κ2) is 5.36. The molecule has 0 aliphatic heterocycles. The maximum absolute atomic E-state index is 12.6. The highest BCUT2D eigenvalue weighted by molar-refractivity contribution is 5.87. The predicted octanol–water partition coefficient (Wildman–Crippen LogP) is 3.99. The topological polar surface area (TPSA) is 37.3 Å². The van der Waals surface area contributed by atoms with Crippen molar-refractivity contribution in [1.29, 1.82) is 0 Å². The molecule has 0 saturated carbocycles. The Morgan fingerprint density at radius 2 is 1.60 bits per heavy atom. The summed E-state index contributed by atoms with van der Waals surface area (Å²) in [5.41, 5.74) is 0.561. The lowest BCUT2D eigenvalue weighted by molar-refractivity contribution is -0.137. The summed E-state index contributed by atoms with van der Waals surface area (Å²) in [6, 6.07) is 11.2. The van der Waals surface area contributed by atoms with Gasteiger partial charge in [0.05, 0.1) is 11.1 Å². The minimum absolute atomic E-state index is 0.120. The highest BCUT2D eigenvalue weighted by Crippen LogP contribution is 2.30. The molecular weight excluding hydrogens is 269 g/mol. The van der Waals surface area contributed by atoms with Gasteiger partial charge in [-0.2, -0.15) is 13.2 Å². The third-order valence-corrected chi connectivity index (χ3v) is 2.84. The van der Waals surface area contributed by atoms with Gasteiger partial charge in [0.2, 0.25) is 0 Å². The number of aromatic carboxylic acids is 1. The van der Waals surface area contributed by atoms with Crippen LogP contribution < -0.4 is 0 Å². The Morgan fingerprint density at radius 3 is 2.20 bits per heavy atom. The second-order valence-electron chi connectivity index (χ2n) is 4.38. The summed E-state index contributed by atoms with van der Waals surface area (Å²) < 4.78 is 37.8. The first kappa shape index (κ1) is 14.1. The third kappa shape index (κ3) is 3.38. The van der Waals surface area contributed by atoms with Crippen molar-refractivity contribution in [2.24, 2.45) is 0 Å². The van der Waals surface area contributed by atoms with Crippen molar-refractivity contribution in [2.75, 3.05) is 0 Å². The van der Waals surface area contributed by atoms with Gasteiger partial charge in [0.1, 0.15) is 0 Å². The molecule has 0 aromatic heterocycles. The molecule has 0 aliphatic rings. The van der Waals surface area contributed by atoms with E-state index in [4.69, 9.17) is 5.11 Å². The molecule has 2 rings (SSSR count). The van der Waals surface area contributed by atoms with Crippen LogP contribution in [0.4, 0.5) is 13.2 Å². The van der Waals surface area contributed by atoms with Gasteiger partial charge >= 0.3 is 12.1 Å². The van der Waals surface area contributed by atoms with E-state index < -0.39 is 17.7 Å². The summed E-state index contributed by atoms with van der Waals surface area (Å²) in [4.78, 5) is 10.8. The number of rotatable bonds is 3. The van der Waals surface area contributed by atoms with Crippen LogP contribution >= 0.6 is 0 Å². The van der Waals surface area contributed by atoms with Gasteiger partial charge in [0, 0.05) is 0 Å². The molecule has 0 aliphatic carbocycles. The Hall–Kier alpha value is -2.30. The van der Waals surface area contributed by atoms with E-state index in [0.717, 1.165) is 12.1 Å². The molecule has 2 aromatic rings. The summed E-state index contributed by atoms with van der Waals surface area (Å²) in [6.45, 7) is 0. The maximum atomic E-state index is 12.6. The minimum atomic E-state index is -4.38. The fourth-order valence-corrected chi connectivity index (χ4v) is 1.91. The highest BCUT2D eigenvalue weighted by Gasteiger charge is 2.30. The van der Waals surface area contributed by atoms with Crippen LogP contribution in [0.25, 0.3) is 0 Å². The number of carbonyl (C=O) groups is 1. The molecule has 104 valence electrons. The summed E-state index contributed by atoms with van der Waals surface area (Å²) in [6.07, 6.45) is -4.12. The maximum Gasteiger partial charge on any atom is 0.416 e. The van der Waals surface area contributed by atoms with Crippen LogP contribution in [0.2, 0.25) is 0 Å². The third-order valence-electron chi connectivity index (χ3n) is 2.84. The van der Waals surface area contributed by atoms with Crippen LogP contribution in [0, 0.1) is 0 Å². The standard InChI is InChI=1S/C15H11F3O2/c16-15(17,18)13-6-2-4-11(9-13)7-10-3-1-5-12(8-10)14(19)20/h1-6,8-9H,7H2,(H,19,20). The van der Waals surface area contributed by atoms with Gasteiger partial charge in [-0.15, -0.1) is 0 Å². The zero-order valence-electron chi connectivity index (χ0n) is 10.3. The van der Waals surface area contributed by atoms with Crippen molar-refractivity contribution in [1.82, 2.24) is 0 Å². The quantitative estimate of drug-likeness (QED) is 0.922. The van der Waals surface area contributed by atoms with E-state index in [-0.39, 0.29) is 12.0 Å². The molecule has 20 heavy (non-hydrogen) atoms. The number of halogens is 3. The predicted molar refractivity (Wildman–Crippen MR) is 67.7 cm³/mol. The SMILES string of the molecule is O=C(O)c1cccc(Cc2cccc(C(F)(F)F)c2)c1. The molecule has 2 nitrogen and oxygen atoms in total. The summed E-state index contributed by atoms with van der Waals surface area (Å²) in [5, 5.41) is 8.88. The molecular formula is C15H11F3O2. The van der Waals surface area contributed by atoms with Crippen LogP contribution in [-0.4, -0.2) is 11.1 Å².